The maximum absolute atomic E-state index is 12.7. The highest BCUT2D eigenvalue weighted by Gasteiger charge is 2.29. The molecule has 0 spiro atoms. The number of nitrogens with zero attached hydrogens (tertiary/aromatic N) is 4. The monoisotopic (exact) mass is 336 g/mol. The summed E-state index contributed by atoms with van der Waals surface area (Å²) in [6.07, 6.45) is 4.31. The lowest BCUT2D eigenvalue weighted by atomic mass is 9.98. The molecule has 1 amide bonds. The van der Waals surface area contributed by atoms with Crippen molar-refractivity contribution in [1.82, 2.24) is 19.9 Å². The van der Waals surface area contributed by atoms with Gasteiger partial charge in [-0.25, -0.2) is 9.97 Å². The molecule has 1 unspecified atom stereocenters. The van der Waals surface area contributed by atoms with Crippen molar-refractivity contribution in [2.75, 3.05) is 6.54 Å². The van der Waals surface area contributed by atoms with E-state index < -0.39 is 0 Å². The molecule has 0 radical (unpaired) electrons. The molecule has 1 atom stereocenters. The number of hydrogen-bond acceptors (Lipinski definition) is 5. The molecule has 0 fully saturated rings. The van der Waals surface area contributed by atoms with Crippen LogP contribution in [0.25, 0.3) is 11.5 Å². The van der Waals surface area contributed by atoms with Crippen LogP contribution in [0.15, 0.2) is 47.4 Å². The number of aromatic nitrogens is 3. The van der Waals surface area contributed by atoms with Crippen molar-refractivity contribution in [3.8, 4) is 11.5 Å². The minimum Gasteiger partial charge on any atom is -0.331 e. The molecule has 6 heteroatoms. The van der Waals surface area contributed by atoms with Gasteiger partial charge < -0.3 is 4.90 Å². The van der Waals surface area contributed by atoms with E-state index in [9.17, 15) is 4.79 Å². The Kier molecular flexibility index (Phi) is 3.82. The number of fused-ring (bicyclic) bond motifs is 1. The molecule has 1 aliphatic rings. The molecule has 24 heavy (non-hydrogen) atoms. The van der Waals surface area contributed by atoms with Crippen molar-refractivity contribution >= 4 is 17.2 Å². The van der Waals surface area contributed by atoms with E-state index in [0.717, 1.165) is 28.9 Å². The Morgan fingerprint density at radius 2 is 2.21 bits per heavy atom. The summed E-state index contributed by atoms with van der Waals surface area (Å²) in [5, 5.41) is 3.82. The van der Waals surface area contributed by atoms with Gasteiger partial charge in [0.15, 0.2) is 5.82 Å². The van der Waals surface area contributed by atoms with E-state index >= 15 is 0 Å². The molecule has 0 aliphatic carbocycles. The lowest BCUT2D eigenvalue weighted by Crippen LogP contribution is -2.39. The van der Waals surface area contributed by atoms with Gasteiger partial charge >= 0.3 is 0 Å². The zero-order chi connectivity index (χ0) is 16.5. The molecular formula is C18H16N4OS. The van der Waals surface area contributed by atoms with Crippen molar-refractivity contribution in [2.24, 2.45) is 0 Å². The van der Waals surface area contributed by atoms with E-state index in [2.05, 4.69) is 15.0 Å². The van der Waals surface area contributed by atoms with Gasteiger partial charge in [-0.1, -0.05) is 6.07 Å². The van der Waals surface area contributed by atoms with Crippen LogP contribution in [0, 0.1) is 0 Å². The van der Waals surface area contributed by atoms with Gasteiger partial charge in [0, 0.05) is 36.3 Å². The third kappa shape index (κ3) is 2.59. The second-order valence-electron chi connectivity index (χ2n) is 5.75. The highest BCUT2D eigenvalue weighted by Crippen LogP contribution is 2.30. The molecule has 0 saturated carbocycles. The summed E-state index contributed by atoms with van der Waals surface area (Å²) in [7, 11) is 0. The highest BCUT2D eigenvalue weighted by molar-refractivity contribution is 7.08. The molecule has 4 rings (SSSR count). The first-order valence-electron chi connectivity index (χ1n) is 7.84. The Labute approximate surface area is 144 Å². The van der Waals surface area contributed by atoms with Gasteiger partial charge in [0.2, 0.25) is 0 Å². The van der Waals surface area contributed by atoms with Gasteiger partial charge in [0.05, 0.1) is 17.3 Å². The average molecular weight is 336 g/mol. The number of thiophene rings is 1. The number of hydrogen-bond donors (Lipinski definition) is 0. The lowest BCUT2D eigenvalue weighted by molar-refractivity contribution is 0.0676. The standard InChI is InChI=1S/C18H16N4OS/c1-12-14-10-20-17(16-4-2-3-7-19-16)21-15(14)5-8-22(12)18(23)13-6-9-24-11-13/h2-4,6-7,9-12H,5,8H2,1H3. The second-order valence-corrected chi connectivity index (χ2v) is 6.53. The molecule has 3 aromatic heterocycles. The van der Waals surface area contributed by atoms with Crippen LogP contribution in [0.5, 0.6) is 0 Å². The van der Waals surface area contributed by atoms with Gasteiger partial charge in [-0.3, -0.25) is 9.78 Å². The molecule has 120 valence electrons. The zero-order valence-electron chi connectivity index (χ0n) is 13.2. The average Bonchev–Trinajstić information content (AvgIpc) is 3.17. The molecule has 0 aromatic carbocycles. The minimum absolute atomic E-state index is 0.0288. The van der Waals surface area contributed by atoms with E-state index in [0.29, 0.717) is 12.4 Å². The van der Waals surface area contributed by atoms with Gasteiger partial charge in [0.25, 0.3) is 5.91 Å². The van der Waals surface area contributed by atoms with E-state index in [-0.39, 0.29) is 11.9 Å². The summed E-state index contributed by atoms with van der Waals surface area (Å²) in [5.41, 5.74) is 3.54. The van der Waals surface area contributed by atoms with Crippen LogP contribution in [-0.4, -0.2) is 32.3 Å². The fraction of sp³-hybridized carbons (Fsp3) is 0.222. The summed E-state index contributed by atoms with van der Waals surface area (Å²) in [5.74, 6) is 0.711. The maximum Gasteiger partial charge on any atom is 0.255 e. The van der Waals surface area contributed by atoms with E-state index in [1.165, 1.54) is 11.3 Å². The number of carbonyl (C=O) groups excluding carboxylic acids is 1. The fourth-order valence-corrected chi connectivity index (χ4v) is 3.64. The molecule has 5 nitrogen and oxygen atoms in total. The molecule has 0 saturated heterocycles. The first-order valence-corrected chi connectivity index (χ1v) is 8.78. The summed E-state index contributed by atoms with van der Waals surface area (Å²) < 4.78 is 0. The van der Waals surface area contributed by atoms with E-state index in [4.69, 9.17) is 0 Å². The van der Waals surface area contributed by atoms with Crippen molar-refractivity contribution in [3.63, 3.8) is 0 Å². The van der Waals surface area contributed by atoms with Crippen LogP contribution in [0.3, 0.4) is 0 Å². The normalized spacial score (nSPS) is 16.7. The molecule has 0 N–H and O–H groups in total. The van der Waals surface area contributed by atoms with Crippen LogP contribution in [-0.2, 0) is 6.42 Å². The SMILES string of the molecule is CC1c2cnc(-c3ccccn3)nc2CCN1C(=O)c1ccsc1. The third-order valence-electron chi connectivity index (χ3n) is 4.33. The Balaban J connectivity index is 1.64. The third-order valence-corrected chi connectivity index (χ3v) is 5.01. The first kappa shape index (κ1) is 15.0. The quantitative estimate of drug-likeness (QED) is 0.720. The topological polar surface area (TPSA) is 59.0 Å². The number of carbonyl (C=O) groups is 1. The summed E-state index contributed by atoms with van der Waals surface area (Å²) in [6.45, 7) is 2.70. The predicted molar refractivity (Wildman–Crippen MR) is 92.7 cm³/mol. The Hall–Kier alpha value is -2.60. The zero-order valence-corrected chi connectivity index (χ0v) is 14.0. The number of amides is 1. The molecule has 0 bridgehead atoms. The smallest absolute Gasteiger partial charge is 0.255 e. The fourth-order valence-electron chi connectivity index (χ4n) is 3.01. The Morgan fingerprint density at radius 3 is 2.96 bits per heavy atom. The van der Waals surface area contributed by atoms with Gasteiger partial charge in [-0.15, -0.1) is 0 Å². The molecular weight excluding hydrogens is 320 g/mol. The van der Waals surface area contributed by atoms with Crippen LogP contribution in [0.2, 0.25) is 0 Å². The van der Waals surface area contributed by atoms with Crippen LogP contribution < -0.4 is 0 Å². The Morgan fingerprint density at radius 1 is 1.29 bits per heavy atom. The van der Waals surface area contributed by atoms with Crippen LogP contribution >= 0.6 is 11.3 Å². The first-order chi connectivity index (χ1) is 11.7. The lowest BCUT2D eigenvalue weighted by Gasteiger charge is -2.34. The summed E-state index contributed by atoms with van der Waals surface area (Å²) >= 11 is 1.54. The number of rotatable bonds is 2. The van der Waals surface area contributed by atoms with Gasteiger partial charge in [-0.05, 0) is 30.5 Å². The van der Waals surface area contributed by atoms with E-state index in [1.807, 2.05) is 53.0 Å². The molecule has 1 aliphatic heterocycles. The molecule has 3 aromatic rings. The van der Waals surface area contributed by atoms with Gasteiger partial charge in [0.1, 0.15) is 5.69 Å². The van der Waals surface area contributed by atoms with Crippen molar-refractivity contribution in [2.45, 2.75) is 19.4 Å². The van der Waals surface area contributed by atoms with Crippen molar-refractivity contribution in [3.05, 3.63) is 64.2 Å². The van der Waals surface area contributed by atoms with Crippen molar-refractivity contribution in [1.29, 1.82) is 0 Å². The van der Waals surface area contributed by atoms with Crippen LogP contribution in [0.4, 0.5) is 0 Å². The summed E-state index contributed by atoms with van der Waals surface area (Å²) in [4.78, 5) is 28.0. The molecule has 4 heterocycles. The Bertz CT molecular complexity index is 864. The summed E-state index contributed by atoms with van der Waals surface area (Å²) in [6, 6.07) is 7.54. The maximum atomic E-state index is 12.7. The highest BCUT2D eigenvalue weighted by atomic mass is 32.1. The van der Waals surface area contributed by atoms with E-state index in [1.54, 1.807) is 6.20 Å². The minimum atomic E-state index is -0.0288. The van der Waals surface area contributed by atoms with Gasteiger partial charge in [-0.2, -0.15) is 11.3 Å². The van der Waals surface area contributed by atoms with Crippen molar-refractivity contribution < 1.29 is 4.79 Å². The number of pyridine rings is 1. The largest absolute Gasteiger partial charge is 0.331 e. The predicted octanol–water partition coefficient (Wildman–Crippen LogP) is 3.36. The second kappa shape index (κ2) is 6.13. The van der Waals surface area contributed by atoms with Crippen LogP contribution in [0.1, 0.15) is 34.6 Å².